The van der Waals surface area contributed by atoms with Gasteiger partial charge in [-0.2, -0.15) is 0 Å². The SMILES string of the molecule is O=C(O)CNC(=O)CNC(=O)CCC(=O)n1ccc2ccccc21. The normalized spacial score (nSPS) is 10.3. The quantitative estimate of drug-likeness (QED) is 0.678. The third-order valence-corrected chi connectivity index (χ3v) is 3.32. The van der Waals surface area contributed by atoms with E-state index >= 15 is 0 Å². The van der Waals surface area contributed by atoms with Crippen molar-refractivity contribution < 1.29 is 24.3 Å². The molecule has 1 heterocycles. The molecule has 0 fully saturated rings. The molecule has 126 valence electrons. The molecule has 0 saturated heterocycles. The number of amides is 2. The number of carboxylic acids is 1. The first kappa shape index (κ1) is 17.2. The number of nitrogens with one attached hydrogen (secondary N) is 2. The van der Waals surface area contributed by atoms with E-state index in [-0.39, 0.29) is 25.3 Å². The number of carbonyl (C=O) groups is 4. The van der Waals surface area contributed by atoms with Crippen LogP contribution in [0.2, 0.25) is 0 Å². The summed E-state index contributed by atoms with van der Waals surface area (Å²) in [7, 11) is 0. The Labute approximate surface area is 137 Å². The van der Waals surface area contributed by atoms with Crippen LogP contribution in [-0.4, -0.2) is 46.5 Å². The van der Waals surface area contributed by atoms with Gasteiger partial charge in [-0.15, -0.1) is 0 Å². The average molecular weight is 331 g/mol. The molecule has 24 heavy (non-hydrogen) atoms. The lowest BCUT2D eigenvalue weighted by molar-refractivity contribution is -0.137. The van der Waals surface area contributed by atoms with Crippen molar-refractivity contribution in [2.45, 2.75) is 12.8 Å². The van der Waals surface area contributed by atoms with Crippen LogP contribution in [0.15, 0.2) is 36.5 Å². The molecule has 0 bridgehead atoms. The number of rotatable bonds is 7. The number of hydrogen-bond acceptors (Lipinski definition) is 4. The summed E-state index contributed by atoms with van der Waals surface area (Å²) in [6.07, 6.45) is 1.60. The van der Waals surface area contributed by atoms with E-state index in [1.54, 1.807) is 6.20 Å². The molecule has 1 aromatic carbocycles. The van der Waals surface area contributed by atoms with Crippen molar-refractivity contribution >= 4 is 34.6 Å². The Morgan fingerprint density at radius 1 is 0.917 bits per heavy atom. The summed E-state index contributed by atoms with van der Waals surface area (Å²) >= 11 is 0. The monoisotopic (exact) mass is 331 g/mol. The van der Waals surface area contributed by atoms with Crippen LogP contribution in [0.5, 0.6) is 0 Å². The first-order valence-electron chi connectivity index (χ1n) is 7.32. The minimum Gasteiger partial charge on any atom is -0.480 e. The summed E-state index contributed by atoms with van der Waals surface area (Å²) in [5, 5.41) is 13.8. The van der Waals surface area contributed by atoms with Crippen LogP contribution in [0, 0.1) is 0 Å². The smallest absolute Gasteiger partial charge is 0.322 e. The molecule has 0 saturated carbocycles. The molecule has 2 rings (SSSR count). The molecule has 0 atom stereocenters. The molecule has 0 unspecified atom stereocenters. The van der Waals surface area contributed by atoms with Gasteiger partial charge in [-0.3, -0.25) is 23.7 Å². The van der Waals surface area contributed by atoms with Gasteiger partial charge in [0.1, 0.15) is 6.54 Å². The summed E-state index contributed by atoms with van der Waals surface area (Å²) in [5.74, 6) is -2.44. The van der Waals surface area contributed by atoms with E-state index in [2.05, 4.69) is 10.6 Å². The maximum atomic E-state index is 12.2. The predicted octanol–water partition coefficient (Wildman–Crippen LogP) is 0.379. The van der Waals surface area contributed by atoms with Gasteiger partial charge in [0.25, 0.3) is 0 Å². The second-order valence-corrected chi connectivity index (χ2v) is 5.09. The number of para-hydroxylation sites is 1. The van der Waals surface area contributed by atoms with E-state index in [0.29, 0.717) is 0 Å². The van der Waals surface area contributed by atoms with E-state index in [4.69, 9.17) is 5.11 Å². The number of carboxylic acid groups (broad SMARTS) is 1. The number of carbonyl (C=O) groups excluding carboxylic acids is 3. The van der Waals surface area contributed by atoms with Crippen molar-refractivity contribution in [3.05, 3.63) is 36.5 Å². The second kappa shape index (κ2) is 7.91. The molecule has 0 aliphatic heterocycles. The third-order valence-electron chi connectivity index (χ3n) is 3.32. The molecule has 8 nitrogen and oxygen atoms in total. The van der Waals surface area contributed by atoms with Gasteiger partial charge >= 0.3 is 5.97 Å². The predicted molar refractivity (Wildman–Crippen MR) is 85.5 cm³/mol. The van der Waals surface area contributed by atoms with Gasteiger partial charge in [0, 0.05) is 24.4 Å². The Kier molecular flexibility index (Phi) is 5.67. The van der Waals surface area contributed by atoms with E-state index < -0.39 is 24.3 Å². The molecule has 0 aliphatic carbocycles. The van der Waals surface area contributed by atoms with Crippen LogP contribution >= 0.6 is 0 Å². The summed E-state index contributed by atoms with van der Waals surface area (Å²) in [5.41, 5.74) is 0.774. The molecule has 2 amide bonds. The van der Waals surface area contributed by atoms with Crippen molar-refractivity contribution in [1.82, 2.24) is 15.2 Å². The molecule has 0 radical (unpaired) electrons. The van der Waals surface area contributed by atoms with Crippen molar-refractivity contribution in [2.24, 2.45) is 0 Å². The highest BCUT2D eigenvalue weighted by Crippen LogP contribution is 2.15. The number of benzene rings is 1. The molecule has 8 heteroatoms. The molecule has 3 N–H and O–H groups in total. The number of hydrogen-bond donors (Lipinski definition) is 3. The topological polar surface area (TPSA) is 118 Å². The molecular formula is C16H17N3O5. The Hall–Kier alpha value is -3.16. The maximum absolute atomic E-state index is 12.2. The van der Waals surface area contributed by atoms with Gasteiger partial charge in [0.2, 0.25) is 17.7 Å². The van der Waals surface area contributed by atoms with Gasteiger partial charge in [0.05, 0.1) is 12.1 Å². The van der Waals surface area contributed by atoms with E-state index in [0.717, 1.165) is 10.9 Å². The highest BCUT2D eigenvalue weighted by Gasteiger charge is 2.12. The Morgan fingerprint density at radius 2 is 1.62 bits per heavy atom. The zero-order chi connectivity index (χ0) is 17.5. The van der Waals surface area contributed by atoms with E-state index in [9.17, 15) is 19.2 Å². The second-order valence-electron chi connectivity index (χ2n) is 5.09. The van der Waals surface area contributed by atoms with Crippen LogP contribution in [0.4, 0.5) is 0 Å². The first-order chi connectivity index (χ1) is 11.5. The molecular weight excluding hydrogens is 314 g/mol. The molecule has 1 aromatic heterocycles. The Bertz CT molecular complexity index is 781. The summed E-state index contributed by atoms with van der Waals surface area (Å²) < 4.78 is 1.49. The van der Waals surface area contributed by atoms with Crippen molar-refractivity contribution in [1.29, 1.82) is 0 Å². The molecule has 2 aromatic rings. The largest absolute Gasteiger partial charge is 0.480 e. The van der Waals surface area contributed by atoms with Gasteiger partial charge in [-0.05, 0) is 12.1 Å². The van der Waals surface area contributed by atoms with Crippen LogP contribution in [0.3, 0.4) is 0 Å². The highest BCUT2D eigenvalue weighted by atomic mass is 16.4. The lowest BCUT2D eigenvalue weighted by Gasteiger charge is -2.06. The summed E-state index contributed by atoms with van der Waals surface area (Å²) in [6, 6.07) is 9.23. The minimum absolute atomic E-state index is 0.00124. The fourth-order valence-corrected chi connectivity index (χ4v) is 2.15. The van der Waals surface area contributed by atoms with Crippen molar-refractivity contribution in [3.63, 3.8) is 0 Å². The van der Waals surface area contributed by atoms with Gasteiger partial charge in [-0.1, -0.05) is 18.2 Å². The fraction of sp³-hybridized carbons (Fsp3) is 0.250. The summed E-state index contributed by atoms with van der Waals surface area (Å²) in [4.78, 5) is 45.4. The Balaban J connectivity index is 1.78. The van der Waals surface area contributed by atoms with Gasteiger partial charge in [-0.25, -0.2) is 0 Å². The van der Waals surface area contributed by atoms with E-state index in [1.807, 2.05) is 30.3 Å². The zero-order valence-electron chi connectivity index (χ0n) is 12.8. The first-order valence-corrected chi connectivity index (χ1v) is 7.32. The third kappa shape index (κ3) is 4.67. The van der Waals surface area contributed by atoms with E-state index in [1.165, 1.54) is 4.57 Å². The van der Waals surface area contributed by atoms with Crippen LogP contribution in [0.1, 0.15) is 17.6 Å². The number of aliphatic carboxylic acids is 1. The lowest BCUT2D eigenvalue weighted by atomic mass is 10.2. The maximum Gasteiger partial charge on any atom is 0.322 e. The highest BCUT2D eigenvalue weighted by molar-refractivity contribution is 5.94. The lowest BCUT2D eigenvalue weighted by Crippen LogP contribution is -2.39. The van der Waals surface area contributed by atoms with Crippen LogP contribution < -0.4 is 10.6 Å². The zero-order valence-corrected chi connectivity index (χ0v) is 12.8. The Morgan fingerprint density at radius 3 is 2.38 bits per heavy atom. The average Bonchev–Trinajstić information content (AvgIpc) is 3.00. The molecule has 0 aliphatic rings. The summed E-state index contributed by atoms with van der Waals surface area (Å²) in [6.45, 7) is -0.833. The van der Waals surface area contributed by atoms with Crippen LogP contribution in [-0.2, 0) is 14.4 Å². The van der Waals surface area contributed by atoms with Crippen LogP contribution in [0.25, 0.3) is 10.9 Å². The number of fused-ring (bicyclic) bond motifs is 1. The van der Waals surface area contributed by atoms with Gasteiger partial charge in [0.15, 0.2) is 0 Å². The van der Waals surface area contributed by atoms with Gasteiger partial charge < -0.3 is 15.7 Å². The number of aromatic nitrogens is 1. The number of nitrogens with zero attached hydrogens (tertiary/aromatic N) is 1. The standard InChI is InChI=1S/C16H17N3O5/c20-13(17-9-14(21)18-10-16(23)24)5-6-15(22)19-8-7-11-3-1-2-4-12(11)19/h1-4,7-8H,5-6,9-10H2,(H,17,20)(H,18,21)(H,23,24). The van der Waals surface area contributed by atoms with Crippen molar-refractivity contribution in [2.75, 3.05) is 13.1 Å². The minimum atomic E-state index is -1.17. The molecule has 0 spiro atoms. The fourth-order valence-electron chi connectivity index (χ4n) is 2.15. The van der Waals surface area contributed by atoms with Crippen molar-refractivity contribution in [3.8, 4) is 0 Å².